The van der Waals surface area contributed by atoms with Gasteiger partial charge in [0, 0.05) is 17.5 Å². The van der Waals surface area contributed by atoms with Crippen molar-refractivity contribution in [3.8, 4) is 16.9 Å². The Morgan fingerprint density at radius 3 is 2.71 bits per heavy atom. The van der Waals surface area contributed by atoms with Crippen molar-refractivity contribution >= 4 is 39.9 Å². The van der Waals surface area contributed by atoms with Crippen LogP contribution in [0.15, 0.2) is 43.0 Å². The first kappa shape index (κ1) is 19.9. The predicted molar refractivity (Wildman–Crippen MR) is 112 cm³/mol. The van der Waals surface area contributed by atoms with E-state index in [1.165, 1.54) is 17.3 Å². The molecule has 0 unspecified atom stereocenters. The molecule has 11 heteroatoms. The minimum absolute atomic E-state index is 0.0357. The van der Waals surface area contributed by atoms with Gasteiger partial charge in [0.2, 0.25) is 0 Å². The molecule has 4 aromatic rings. The van der Waals surface area contributed by atoms with E-state index in [1.54, 1.807) is 24.3 Å². The Balaban J connectivity index is 1.48. The van der Waals surface area contributed by atoms with Gasteiger partial charge in [-0.2, -0.15) is 5.10 Å². The minimum atomic E-state index is -2.73. The van der Waals surface area contributed by atoms with Gasteiger partial charge in [-0.1, -0.05) is 35.3 Å². The van der Waals surface area contributed by atoms with E-state index >= 15 is 0 Å². The number of aromatic nitrogens is 5. The van der Waals surface area contributed by atoms with Crippen LogP contribution in [0.3, 0.4) is 0 Å². The molecule has 1 aliphatic rings. The quantitative estimate of drug-likeness (QED) is 0.451. The van der Waals surface area contributed by atoms with Crippen LogP contribution in [0.4, 0.5) is 14.6 Å². The largest absolute Gasteiger partial charge is 0.485 e. The van der Waals surface area contributed by atoms with E-state index in [0.29, 0.717) is 37.8 Å². The SMILES string of the molecule is Nc1ncnc2c(-c3cccc(Cl)c3Cl)ccc(OCc3ncn([C@@H]4CC4(F)F)n3)c12. The monoisotopic (exact) mass is 462 g/mol. The van der Waals surface area contributed by atoms with Gasteiger partial charge in [-0.05, 0) is 18.2 Å². The molecule has 1 fully saturated rings. The van der Waals surface area contributed by atoms with Crippen molar-refractivity contribution in [1.82, 2.24) is 24.7 Å². The number of hydrogen-bond acceptors (Lipinski definition) is 6. The number of alkyl halides is 2. The molecule has 0 aliphatic heterocycles. The van der Waals surface area contributed by atoms with E-state index in [4.69, 9.17) is 33.7 Å². The Hall–Kier alpha value is -3.04. The van der Waals surface area contributed by atoms with E-state index in [9.17, 15) is 8.78 Å². The lowest BCUT2D eigenvalue weighted by Gasteiger charge is -2.13. The summed E-state index contributed by atoms with van der Waals surface area (Å²) in [5, 5.41) is 5.37. The number of halogens is 4. The van der Waals surface area contributed by atoms with Gasteiger partial charge < -0.3 is 10.5 Å². The predicted octanol–water partition coefficient (Wildman–Crippen LogP) is 4.94. The van der Waals surface area contributed by atoms with Gasteiger partial charge in [-0.25, -0.2) is 28.4 Å². The summed E-state index contributed by atoms with van der Waals surface area (Å²) in [7, 11) is 0. The summed E-state index contributed by atoms with van der Waals surface area (Å²) in [5.74, 6) is -1.84. The van der Waals surface area contributed by atoms with Crippen molar-refractivity contribution in [2.75, 3.05) is 5.73 Å². The van der Waals surface area contributed by atoms with E-state index < -0.39 is 12.0 Å². The van der Waals surface area contributed by atoms with Crippen LogP contribution >= 0.6 is 23.2 Å². The van der Waals surface area contributed by atoms with Gasteiger partial charge in [0.25, 0.3) is 5.92 Å². The topological polar surface area (TPSA) is 91.7 Å². The highest BCUT2D eigenvalue weighted by Gasteiger charge is 2.59. The zero-order chi connectivity index (χ0) is 21.8. The highest BCUT2D eigenvalue weighted by molar-refractivity contribution is 6.44. The van der Waals surface area contributed by atoms with Gasteiger partial charge in [-0.15, -0.1) is 0 Å². The zero-order valence-corrected chi connectivity index (χ0v) is 17.3. The maximum atomic E-state index is 13.2. The third kappa shape index (κ3) is 3.53. The Morgan fingerprint density at radius 1 is 1.13 bits per heavy atom. The molecule has 31 heavy (non-hydrogen) atoms. The first-order valence-corrected chi connectivity index (χ1v) is 9.99. The van der Waals surface area contributed by atoms with Gasteiger partial charge in [-0.3, -0.25) is 0 Å². The highest BCUT2D eigenvalue weighted by atomic mass is 35.5. The number of ether oxygens (including phenoxy) is 1. The molecule has 1 saturated carbocycles. The second kappa shape index (κ2) is 7.28. The van der Waals surface area contributed by atoms with Crippen molar-refractivity contribution in [3.05, 3.63) is 58.9 Å². The minimum Gasteiger partial charge on any atom is -0.485 e. The van der Waals surface area contributed by atoms with Crippen LogP contribution in [-0.2, 0) is 6.61 Å². The molecule has 7 nitrogen and oxygen atoms in total. The van der Waals surface area contributed by atoms with E-state index in [-0.39, 0.29) is 24.7 Å². The molecule has 1 atom stereocenters. The van der Waals surface area contributed by atoms with E-state index in [2.05, 4.69) is 20.1 Å². The van der Waals surface area contributed by atoms with Crippen LogP contribution in [0.25, 0.3) is 22.0 Å². The Morgan fingerprint density at radius 2 is 1.94 bits per heavy atom. The summed E-state index contributed by atoms with van der Waals surface area (Å²) in [6, 6.07) is 7.86. The molecular weight excluding hydrogens is 449 g/mol. The van der Waals surface area contributed by atoms with Gasteiger partial charge in [0.1, 0.15) is 36.9 Å². The number of nitrogens with zero attached hydrogens (tertiary/aromatic N) is 5. The molecule has 0 amide bonds. The van der Waals surface area contributed by atoms with E-state index in [0.717, 1.165) is 0 Å². The summed E-state index contributed by atoms with van der Waals surface area (Å²) in [4.78, 5) is 12.5. The number of nitrogens with two attached hydrogens (primary N) is 1. The fraction of sp³-hybridized carbons (Fsp3) is 0.200. The summed E-state index contributed by atoms with van der Waals surface area (Å²) >= 11 is 12.6. The molecule has 1 aliphatic carbocycles. The fourth-order valence-corrected chi connectivity index (χ4v) is 3.77. The third-order valence-corrected chi connectivity index (χ3v) is 5.87. The number of nitrogen functional groups attached to an aromatic ring is 1. The first-order chi connectivity index (χ1) is 14.8. The fourth-order valence-electron chi connectivity index (χ4n) is 3.37. The average molecular weight is 463 g/mol. The van der Waals surface area contributed by atoms with Crippen LogP contribution in [0.2, 0.25) is 10.0 Å². The maximum Gasteiger partial charge on any atom is 0.272 e. The Labute approximate surface area is 184 Å². The lowest BCUT2D eigenvalue weighted by molar-refractivity contribution is 0.0981. The summed E-state index contributed by atoms with van der Waals surface area (Å²) < 4.78 is 33.5. The molecule has 5 rings (SSSR count). The van der Waals surface area contributed by atoms with Crippen LogP contribution < -0.4 is 10.5 Å². The van der Waals surface area contributed by atoms with Crippen LogP contribution in [0.1, 0.15) is 18.3 Å². The molecule has 0 radical (unpaired) electrons. The summed E-state index contributed by atoms with van der Waals surface area (Å²) in [6.07, 6.45) is 2.40. The Kier molecular flexibility index (Phi) is 4.67. The molecule has 0 bridgehead atoms. The molecule has 158 valence electrons. The van der Waals surface area contributed by atoms with Gasteiger partial charge in [0.05, 0.1) is 20.9 Å². The summed E-state index contributed by atoms with van der Waals surface area (Å²) in [6.45, 7) is -0.0357. The van der Waals surface area contributed by atoms with Crippen LogP contribution in [-0.4, -0.2) is 30.7 Å². The van der Waals surface area contributed by atoms with E-state index in [1.807, 2.05) is 6.07 Å². The molecule has 2 aromatic heterocycles. The lowest BCUT2D eigenvalue weighted by atomic mass is 10.0. The van der Waals surface area contributed by atoms with Crippen molar-refractivity contribution in [2.45, 2.75) is 25.0 Å². The molecule has 0 spiro atoms. The molecule has 2 heterocycles. The first-order valence-electron chi connectivity index (χ1n) is 9.23. The lowest BCUT2D eigenvalue weighted by Crippen LogP contribution is -2.05. The van der Waals surface area contributed by atoms with Gasteiger partial charge >= 0.3 is 0 Å². The number of benzene rings is 2. The van der Waals surface area contributed by atoms with Crippen LogP contribution in [0.5, 0.6) is 5.75 Å². The van der Waals surface area contributed by atoms with Gasteiger partial charge in [0.15, 0.2) is 5.82 Å². The molecule has 2 aromatic carbocycles. The second-order valence-corrected chi connectivity index (χ2v) is 7.89. The second-order valence-electron chi connectivity index (χ2n) is 7.11. The van der Waals surface area contributed by atoms with Crippen molar-refractivity contribution in [2.24, 2.45) is 0 Å². The standard InChI is InChI=1S/C20H14Cl2F2N6O/c21-12-3-1-2-10(17(12)22)11-4-5-13(16-18(11)26-8-27-19(16)25)31-7-15-28-9-30(29-15)14-6-20(14,23)24/h1-5,8-9,14H,6-7H2,(H2,25,26,27)/t14-/m1/s1. The van der Waals surface area contributed by atoms with Crippen molar-refractivity contribution < 1.29 is 13.5 Å². The third-order valence-electron chi connectivity index (χ3n) is 5.05. The zero-order valence-electron chi connectivity index (χ0n) is 15.8. The molecular formula is C20H14Cl2F2N6O. The van der Waals surface area contributed by atoms with Crippen LogP contribution in [0, 0.1) is 0 Å². The number of anilines is 1. The molecule has 0 saturated heterocycles. The van der Waals surface area contributed by atoms with Crippen molar-refractivity contribution in [3.63, 3.8) is 0 Å². The maximum absolute atomic E-state index is 13.2. The Bertz CT molecular complexity index is 1310. The summed E-state index contributed by atoms with van der Waals surface area (Å²) in [5.41, 5.74) is 8.05. The normalized spacial score (nSPS) is 17.1. The number of rotatable bonds is 5. The average Bonchev–Trinajstić information content (AvgIpc) is 3.16. The highest BCUT2D eigenvalue weighted by Crippen LogP contribution is 2.51. The smallest absolute Gasteiger partial charge is 0.272 e. The number of fused-ring (bicyclic) bond motifs is 1. The van der Waals surface area contributed by atoms with Crippen molar-refractivity contribution in [1.29, 1.82) is 0 Å². The molecule has 2 N–H and O–H groups in total. The number of hydrogen-bond donors (Lipinski definition) is 1.